The molecule has 0 saturated carbocycles. The van der Waals surface area contributed by atoms with E-state index < -0.39 is 36.2 Å². The molecule has 2 aliphatic heterocycles. The summed E-state index contributed by atoms with van der Waals surface area (Å²) in [6, 6.07) is 6.97. The van der Waals surface area contributed by atoms with Gasteiger partial charge < -0.3 is 19.7 Å². The van der Waals surface area contributed by atoms with Crippen molar-refractivity contribution in [2.24, 2.45) is 0 Å². The minimum absolute atomic E-state index is 0.397. The summed E-state index contributed by atoms with van der Waals surface area (Å²) >= 11 is 0. The minimum Gasteiger partial charge on any atom is -0.454 e. The maximum absolute atomic E-state index is 12.4. The van der Waals surface area contributed by atoms with Crippen molar-refractivity contribution in [2.45, 2.75) is 64.5 Å². The molecule has 2 aliphatic rings. The highest BCUT2D eigenvalue weighted by molar-refractivity contribution is 5.93. The maximum atomic E-state index is 12.4. The topological polar surface area (TPSA) is 88.2 Å². The van der Waals surface area contributed by atoms with Crippen LogP contribution in [0, 0.1) is 0 Å². The molecule has 8 nitrogen and oxygen atoms in total. The molecule has 2 fully saturated rings. The second-order valence-corrected chi connectivity index (χ2v) is 9.08. The van der Waals surface area contributed by atoms with Crippen molar-refractivity contribution in [3.05, 3.63) is 24.3 Å². The molecule has 1 aromatic carbocycles. The highest BCUT2D eigenvalue weighted by Gasteiger charge is 2.37. The first-order valence-corrected chi connectivity index (χ1v) is 11.0. The van der Waals surface area contributed by atoms with Crippen LogP contribution in [-0.4, -0.2) is 60.8 Å². The second-order valence-electron chi connectivity index (χ2n) is 9.08. The number of carbonyl (C=O) groups is 3. The first-order valence-electron chi connectivity index (χ1n) is 11.0. The highest BCUT2D eigenvalue weighted by Crippen LogP contribution is 2.23. The molecule has 0 bridgehead atoms. The Balaban J connectivity index is 1.46. The molecule has 2 saturated heterocycles. The summed E-state index contributed by atoms with van der Waals surface area (Å²) in [4.78, 5) is 40.7. The Kier molecular flexibility index (Phi) is 7.41. The third-order valence-corrected chi connectivity index (χ3v) is 5.37. The lowest BCUT2D eigenvalue weighted by atomic mass is 10.1. The van der Waals surface area contributed by atoms with Crippen molar-refractivity contribution in [3.8, 4) is 0 Å². The lowest BCUT2D eigenvalue weighted by Gasteiger charge is -2.28. The molecule has 0 radical (unpaired) electrons. The van der Waals surface area contributed by atoms with Crippen LogP contribution in [-0.2, 0) is 19.1 Å². The Hall–Kier alpha value is -2.77. The number of carbonyl (C=O) groups excluding carboxylic acids is 3. The summed E-state index contributed by atoms with van der Waals surface area (Å²) in [5.41, 5.74) is 1.16. The van der Waals surface area contributed by atoms with E-state index in [-0.39, 0.29) is 0 Å². The molecular weight excluding hydrogens is 398 g/mol. The SMILES string of the molecule is CC(C)(C)OC(=O)N1CCC[C@H]1C(=O)OCC(=O)Nc1ccc(N2CCCCC2)cc1. The summed E-state index contributed by atoms with van der Waals surface area (Å²) in [6.07, 6.45) is 4.34. The first kappa shape index (κ1) is 22.9. The molecule has 3 rings (SSSR count). The molecule has 2 heterocycles. The number of ether oxygens (including phenoxy) is 2. The average molecular weight is 432 g/mol. The fourth-order valence-electron chi connectivity index (χ4n) is 3.89. The number of benzene rings is 1. The van der Waals surface area contributed by atoms with Gasteiger partial charge in [-0.3, -0.25) is 9.69 Å². The fraction of sp³-hybridized carbons (Fsp3) is 0.609. The molecule has 0 aliphatic carbocycles. The van der Waals surface area contributed by atoms with E-state index in [1.807, 2.05) is 24.3 Å². The predicted molar refractivity (Wildman–Crippen MR) is 118 cm³/mol. The summed E-state index contributed by atoms with van der Waals surface area (Å²) in [5, 5.41) is 2.74. The van der Waals surface area contributed by atoms with Gasteiger partial charge in [0.15, 0.2) is 6.61 Å². The van der Waals surface area contributed by atoms with Gasteiger partial charge in [-0.1, -0.05) is 0 Å². The smallest absolute Gasteiger partial charge is 0.411 e. The lowest BCUT2D eigenvalue weighted by molar-refractivity contribution is -0.151. The van der Waals surface area contributed by atoms with Crippen molar-refractivity contribution in [1.29, 1.82) is 0 Å². The van der Waals surface area contributed by atoms with E-state index in [0.29, 0.717) is 25.1 Å². The zero-order chi connectivity index (χ0) is 22.4. The van der Waals surface area contributed by atoms with Crippen LogP contribution >= 0.6 is 0 Å². The van der Waals surface area contributed by atoms with E-state index in [0.717, 1.165) is 18.8 Å². The van der Waals surface area contributed by atoms with E-state index in [9.17, 15) is 14.4 Å². The van der Waals surface area contributed by atoms with Crippen molar-refractivity contribution < 1.29 is 23.9 Å². The molecule has 0 aromatic heterocycles. The number of hydrogen-bond acceptors (Lipinski definition) is 6. The van der Waals surface area contributed by atoms with E-state index in [2.05, 4.69) is 10.2 Å². The van der Waals surface area contributed by atoms with Crippen LogP contribution in [0.5, 0.6) is 0 Å². The minimum atomic E-state index is -0.716. The Morgan fingerprint density at radius 1 is 1.00 bits per heavy atom. The number of rotatable bonds is 5. The molecule has 8 heteroatoms. The molecular formula is C23H33N3O5. The van der Waals surface area contributed by atoms with E-state index in [4.69, 9.17) is 9.47 Å². The highest BCUT2D eigenvalue weighted by atomic mass is 16.6. The van der Waals surface area contributed by atoms with Gasteiger partial charge in [0, 0.05) is 31.0 Å². The number of amides is 2. The Morgan fingerprint density at radius 3 is 2.32 bits per heavy atom. The van der Waals surface area contributed by atoms with Crippen LogP contribution in [0.1, 0.15) is 52.9 Å². The molecule has 1 aromatic rings. The number of nitrogens with one attached hydrogen (secondary N) is 1. The van der Waals surface area contributed by atoms with E-state index in [1.54, 1.807) is 20.8 Å². The van der Waals surface area contributed by atoms with Crippen LogP contribution in [0.2, 0.25) is 0 Å². The van der Waals surface area contributed by atoms with Crippen molar-refractivity contribution in [2.75, 3.05) is 36.5 Å². The number of likely N-dealkylation sites (tertiary alicyclic amines) is 1. The van der Waals surface area contributed by atoms with Crippen LogP contribution in [0.3, 0.4) is 0 Å². The first-order chi connectivity index (χ1) is 14.7. The van der Waals surface area contributed by atoms with Crippen molar-refractivity contribution >= 4 is 29.3 Å². The number of nitrogens with zero attached hydrogens (tertiary/aromatic N) is 2. The molecule has 0 unspecified atom stereocenters. The van der Waals surface area contributed by atoms with Crippen LogP contribution < -0.4 is 10.2 Å². The standard InChI is InChI=1S/C23H33N3O5/c1-23(2,3)31-22(29)26-15-7-8-19(26)21(28)30-16-20(27)24-17-9-11-18(12-10-17)25-13-5-4-6-14-25/h9-12,19H,4-8,13-16H2,1-3H3,(H,24,27)/t19-/m0/s1. The normalized spacial score (nSPS) is 19.1. The molecule has 31 heavy (non-hydrogen) atoms. The van der Waals surface area contributed by atoms with Crippen LogP contribution in [0.4, 0.5) is 16.2 Å². The van der Waals surface area contributed by atoms with E-state index in [1.165, 1.54) is 24.2 Å². The van der Waals surface area contributed by atoms with Gasteiger partial charge in [0.05, 0.1) is 0 Å². The maximum Gasteiger partial charge on any atom is 0.411 e. The number of anilines is 2. The zero-order valence-electron chi connectivity index (χ0n) is 18.7. The largest absolute Gasteiger partial charge is 0.454 e. The van der Waals surface area contributed by atoms with Crippen molar-refractivity contribution in [1.82, 2.24) is 4.90 Å². The van der Waals surface area contributed by atoms with E-state index >= 15 is 0 Å². The molecule has 0 spiro atoms. The Bertz CT molecular complexity index is 781. The number of esters is 1. The monoisotopic (exact) mass is 431 g/mol. The summed E-state index contributed by atoms with van der Waals surface area (Å²) in [5.74, 6) is -1.00. The lowest BCUT2D eigenvalue weighted by Crippen LogP contribution is -2.44. The quantitative estimate of drug-likeness (QED) is 0.717. The van der Waals surface area contributed by atoms with Gasteiger partial charge in [0.25, 0.3) is 5.91 Å². The zero-order valence-corrected chi connectivity index (χ0v) is 18.7. The second kappa shape index (κ2) is 10.0. The van der Waals surface area contributed by atoms with Gasteiger partial charge in [-0.15, -0.1) is 0 Å². The fourth-order valence-corrected chi connectivity index (χ4v) is 3.89. The van der Waals surface area contributed by atoms with Gasteiger partial charge in [-0.05, 0) is 77.1 Å². The molecule has 1 atom stereocenters. The summed E-state index contributed by atoms with van der Waals surface area (Å²) in [7, 11) is 0. The summed E-state index contributed by atoms with van der Waals surface area (Å²) in [6.45, 7) is 7.48. The Morgan fingerprint density at radius 2 is 1.68 bits per heavy atom. The van der Waals surface area contributed by atoms with Gasteiger partial charge >= 0.3 is 12.1 Å². The van der Waals surface area contributed by atoms with Gasteiger partial charge in [0.1, 0.15) is 11.6 Å². The van der Waals surface area contributed by atoms with Crippen LogP contribution in [0.15, 0.2) is 24.3 Å². The van der Waals surface area contributed by atoms with Gasteiger partial charge in [0.2, 0.25) is 0 Å². The average Bonchev–Trinajstić information content (AvgIpc) is 3.22. The van der Waals surface area contributed by atoms with Crippen molar-refractivity contribution in [3.63, 3.8) is 0 Å². The summed E-state index contributed by atoms with van der Waals surface area (Å²) < 4.78 is 10.5. The molecule has 2 amide bonds. The third kappa shape index (κ3) is 6.60. The molecule has 1 N–H and O–H groups in total. The van der Waals surface area contributed by atoms with Gasteiger partial charge in [-0.25, -0.2) is 9.59 Å². The molecule has 170 valence electrons. The third-order valence-electron chi connectivity index (χ3n) is 5.37. The Labute approximate surface area is 183 Å². The van der Waals surface area contributed by atoms with Crippen LogP contribution in [0.25, 0.3) is 0 Å². The van der Waals surface area contributed by atoms with Gasteiger partial charge in [-0.2, -0.15) is 0 Å². The number of piperidine rings is 1. The predicted octanol–water partition coefficient (Wildman–Crippen LogP) is 3.56. The number of hydrogen-bond donors (Lipinski definition) is 1.